The minimum atomic E-state index is -0.659. The SMILES string of the molecule is Cc1ccccc1OCC(=O)NCC(=O)N=Nc1c(O)[nH]c2ccc(Br)cc12. The van der Waals surface area contributed by atoms with Crippen LogP contribution in [0.4, 0.5) is 5.69 Å². The number of para-hydroxylation sites is 1. The third-order valence-electron chi connectivity index (χ3n) is 3.86. The van der Waals surface area contributed by atoms with Crippen LogP contribution >= 0.6 is 15.9 Å². The predicted molar refractivity (Wildman–Crippen MR) is 107 cm³/mol. The number of rotatable bonds is 6. The molecule has 2 amide bonds. The number of amides is 2. The van der Waals surface area contributed by atoms with Gasteiger partial charge >= 0.3 is 0 Å². The van der Waals surface area contributed by atoms with Crippen LogP contribution in [0, 0.1) is 6.92 Å². The number of aromatic nitrogens is 1. The minimum Gasteiger partial charge on any atom is -0.493 e. The Morgan fingerprint density at radius 1 is 1.25 bits per heavy atom. The Morgan fingerprint density at radius 2 is 2.04 bits per heavy atom. The zero-order chi connectivity index (χ0) is 20.1. The number of aromatic hydroxyl groups is 1. The zero-order valence-electron chi connectivity index (χ0n) is 14.9. The van der Waals surface area contributed by atoms with Gasteiger partial charge in [0.2, 0.25) is 5.88 Å². The Kier molecular flexibility index (Phi) is 6.05. The fourth-order valence-corrected chi connectivity index (χ4v) is 2.83. The molecule has 0 aliphatic carbocycles. The maximum Gasteiger partial charge on any atom is 0.283 e. The lowest BCUT2D eigenvalue weighted by Crippen LogP contribution is -2.32. The van der Waals surface area contributed by atoms with Crippen molar-refractivity contribution >= 4 is 44.3 Å². The average Bonchev–Trinajstić information content (AvgIpc) is 2.98. The molecule has 1 heterocycles. The molecule has 0 unspecified atom stereocenters. The number of halogens is 1. The highest BCUT2D eigenvalue weighted by molar-refractivity contribution is 9.10. The van der Waals surface area contributed by atoms with Crippen LogP contribution in [0.15, 0.2) is 57.2 Å². The van der Waals surface area contributed by atoms with Crippen molar-refractivity contribution in [3.63, 3.8) is 0 Å². The Morgan fingerprint density at radius 3 is 2.82 bits per heavy atom. The van der Waals surface area contributed by atoms with Crippen molar-refractivity contribution < 1.29 is 19.4 Å². The topological polar surface area (TPSA) is 116 Å². The van der Waals surface area contributed by atoms with E-state index in [1.54, 1.807) is 24.3 Å². The van der Waals surface area contributed by atoms with Gasteiger partial charge in [-0.25, -0.2) is 0 Å². The first-order chi connectivity index (χ1) is 13.4. The van der Waals surface area contributed by atoms with E-state index in [1.807, 2.05) is 25.1 Å². The van der Waals surface area contributed by atoms with Gasteiger partial charge in [-0.15, -0.1) is 10.2 Å². The number of carbonyl (C=O) groups is 2. The summed E-state index contributed by atoms with van der Waals surface area (Å²) in [5.74, 6) is -0.705. The summed E-state index contributed by atoms with van der Waals surface area (Å²) in [4.78, 5) is 26.4. The highest BCUT2D eigenvalue weighted by Crippen LogP contribution is 2.36. The van der Waals surface area contributed by atoms with Crippen LogP contribution < -0.4 is 10.1 Å². The molecule has 0 saturated carbocycles. The van der Waals surface area contributed by atoms with E-state index in [0.29, 0.717) is 16.7 Å². The van der Waals surface area contributed by atoms with E-state index in [1.165, 1.54) is 0 Å². The average molecular weight is 445 g/mol. The summed E-state index contributed by atoms with van der Waals surface area (Å²) in [5.41, 5.74) is 1.72. The standard InChI is InChI=1S/C19H17BrN4O4/c1-11-4-2-3-5-15(11)28-10-17(26)21-9-16(25)23-24-18-13-8-12(20)6-7-14(13)22-19(18)27/h2-8,22,27H,9-10H2,1H3,(H,21,26). The van der Waals surface area contributed by atoms with Crippen LogP contribution in [0.1, 0.15) is 5.56 Å². The van der Waals surface area contributed by atoms with Crippen LogP contribution in [0.5, 0.6) is 11.6 Å². The van der Waals surface area contributed by atoms with Crippen molar-refractivity contribution in [3.8, 4) is 11.6 Å². The second-order valence-corrected chi connectivity index (χ2v) is 6.85. The molecule has 0 bridgehead atoms. The number of carbonyl (C=O) groups excluding carboxylic acids is 2. The summed E-state index contributed by atoms with van der Waals surface area (Å²) in [6.45, 7) is 1.33. The summed E-state index contributed by atoms with van der Waals surface area (Å²) < 4.78 is 6.20. The lowest BCUT2D eigenvalue weighted by molar-refractivity contribution is -0.126. The van der Waals surface area contributed by atoms with Crippen LogP contribution in [-0.4, -0.2) is 35.1 Å². The highest BCUT2D eigenvalue weighted by Gasteiger charge is 2.12. The largest absolute Gasteiger partial charge is 0.493 e. The van der Waals surface area contributed by atoms with E-state index in [2.05, 4.69) is 36.5 Å². The number of aryl methyl sites for hydroxylation is 1. The molecule has 0 spiro atoms. The summed E-state index contributed by atoms with van der Waals surface area (Å²) in [6.07, 6.45) is 0. The van der Waals surface area contributed by atoms with Crippen molar-refractivity contribution in [1.82, 2.24) is 10.3 Å². The van der Waals surface area contributed by atoms with Gasteiger partial charge in [-0.2, -0.15) is 0 Å². The van der Waals surface area contributed by atoms with Crippen LogP contribution in [-0.2, 0) is 9.59 Å². The molecule has 3 N–H and O–H groups in total. The Balaban J connectivity index is 1.54. The van der Waals surface area contributed by atoms with Gasteiger partial charge in [0.15, 0.2) is 12.3 Å². The van der Waals surface area contributed by atoms with Crippen molar-refractivity contribution in [3.05, 3.63) is 52.5 Å². The van der Waals surface area contributed by atoms with Gasteiger partial charge in [-0.1, -0.05) is 34.1 Å². The van der Waals surface area contributed by atoms with Gasteiger partial charge < -0.3 is 20.1 Å². The fourth-order valence-electron chi connectivity index (χ4n) is 2.46. The van der Waals surface area contributed by atoms with E-state index in [9.17, 15) is 14.7 Å². The lowest BCUT2D eigenvalue weighted by Gasteiger charge is -2.08. The lowest BCUT2D eigenvalue weighted by atomic mass is 10.2. The first-order valence-electron chi connectivity index (χ1n) is 8.34. The van der Waals surface area contributed by atoms with Crippen LogP contribution in [0.2, 0.25) is 0 Å². The van der Waals surface area contributed by atoms with Gasteiger partial charge in [0.1, 0.15) is 12.3 Å². The number of hydrogen-bond donors (Lipinski definition) is 3. The number of hydrogen-bond acceptors (Lipinski definition) is 5. The van der Waals surface area contributed by atoms with E-state index in [4.69, 9.17) is 4.74 Å². The number of nitrogens with one attached hydrogen (secondary N) is 2. The number of ether oxygens (including phenoxy) is 1. The van der Waals surface area contributed by atoms with Gasteiger partial charge in [-0.05, 0) is 36.8 Å². The van der Waals surface area contributed by atoms with Crippen LogP contribution in [0.25, 0.3) is 10.9 Å². The molecule has 8 nitrogen and oxygen atoms in total. The van der Waals surface area contributed by atoms with Crippen molar-refractivity contribution in [2.24, 2.45) is 10.2 Å². The second-order valence-electron chi connectivity index (χ2n) is 5.94. The number of fused-ring (bicyclic) bond motifs is 1. The number of azo groups is 1. The third kappa shape index (κ3) is 4.74. The van der Waals surface area contributed by atoms with Crippen molar-refractivity contribution in [2.45, 2.75) is 6.92 Å². The Hall–Kier alpha value is -3.20. The summed E-state index contributed by atoms with van der Waals surface area (Å²) in [7, 11) is 0. The zero-order valence-corrected chi connectivity index (χ0v) is 16.5. The minimum absolute atomic E-state index is 0.152. The van der Waals surface area contributed by atoms with Crippen LogP contribution in [0.3, 0.4) is 0 Å². The molecule has 0 saturated heterocycles. The molecular weight excluding hydrogens is 428 g/mol. The number of benzene rings is 2. The highest BCUT2D eigenvalue weighted by atomic mass is 79.9. The molecule has 0 aliphatic heterocycles. The first-order valence-corrected chi connectivity index (χ1v) is 9.13. The normalized spacial score (nSPS) is 11.1. The van der Waals surface area contributed by atoms with E-state index in [-0.39, 0.29) is 24.7 Å². The van der Waals surface area contributed by atoms with E-state index < -0.39 is 11.8 Å². The smallest absolute Gasteiger partial charge is 0.283 e. The molecular formula is C19H17BrN4O4. The van der Waals surface area contributed by atoms with Gasteiger partial charge in [0, 0.05) is 9.86 Å². The number of aromatic amines is 1. The molecule has 0 radical (unpaired) electrons. The first kappa shape index (κ1) is 19.6. The molecule has 28 heavy (non-hydrogen) atoms. The molecule has 1 aromatic heterocycles. The van der Waals surface area contributed by atoms with E-state index >= 15 is 0 Å². The molecule has 0 aliphatic rings. The number of H-pyrrole nitrogens is 1. The summed E-state index contributed by atoms with van der Waals surface area (Å²) >= 11 is 3.34. The predicted octanol–water partition coefficient (Wildman–Crippen LogP) is 3.75. The number of nitrogens with zero attached hydrogens (tertiary/aromatic N) is 2. The van der Waals surface area contributed by atoms with Gasteiger partial charge in [-0.3, -0.25) is 9.59 Å². The fraction of sp³-hybridized carbons (Fsp3) is 0.158. The van der Waals surface area contributed by atoms with E-state index in [0.717, 1.165) is 10.0 Å². The van der Waals surface area contributed by atoms with Gasteiger partial charge in [0.05, 0.1) is 5.52 Å². The van der Waals surface area contributed by atoms with Gasteiger partial charge in [0.25, 0.3) is 11.8 Å². The quantitative estimate of drug-likeness (QED) is 0.501. The molecule has 3 rings (SSSR count). The maximum absolute atomic E-state index is 11.9. The maximum atomic E-state index is 11.9. The molecule has 9 heteroatoms. The monoisotopic (exact) mass is 444 g/mol. The second kappa shape index (κ2) is 8.66. The molecule has 3 aromatic rings. The molecule has 0 atom stereocenters. The molecule has 0 fully saturated rings. The Labute approximate surface area is 168 Å². The molecule has 144 valence electrons. The third-order valence-corrected chi connectivity index (χ3v) is 4.36. The molecule has 2 aromatic carbocycles. The Bertz CT molecular complexity index is 1060. The van der Waals surface area contributed by atoms with Crippen molar-refractivity contribution in [2.75, 3.05) is 13.2 Å². The summed E-state index contributed by atoms with van der Waals surface area (Å²) in [6, 6.07) is 12.6. The van der Waals surface area contributed by atoms with Crippen molar-refractivity contribution in [1.29, 1.82) is 0 Å². The summed E-state index contributed by atoms with van der Waals surface area (Å²) in [5, 5.41) is 20.3.